The van der Waals surface area contributed by atoms with Crippen LogP contribution in [0.25, 0.3) is 0 Å². The van der Waals surface area contributed by atoms with E-state index in [-0.39, 0.29) is 12.2 Å². The first-order valence-electron chi connectivity index (χ1n) is 8.42. The molecule has 1 saturated carbocycles. The van der Waals surface area contributed by atoms with Gasteiger partial charge in [0.05, 0.1) is 12.2 Å². The Morgan fingerprint density at radius 1 is 0.905 bits per heavy atom. The van der Waals surface area contributed by atoms with Gasteiger partial charge < -0.3 is 9.84 Å². The first kappa shape index (κ1) is 16.4. The molecule has 1 atom stereocenters. The van der Waals surface area contributed by atoms with Gasteiger partial charge in [0.25, 0.3) is 0 Å². The van der Waals surface area contributed by atoms with Crippen molar-refractivity contribution in [3.63, 3.8) is 0 Å². The minimum absolute atomic E-state index is 0.187. The van der Waals surface area contributed by atoms with Gasteiger partial charge in [-0.3, -0.25) is 0 Å². The highest BCUT2D eigenvalue weighted by molar-refractivity contribution is 5.29. The van der Waals surface area contributed by atoms with Gasteiger partial charge in [0.1, 0.15) is 5.75 Å². The van der Waals surface area contributed by atoms with Gasteiger partial charge in [-0.05, 0) is 75.0 Å². The maximum Gasteiger partial charge on any atom is 0.119 e. The van der Waals surface area contributed by atoms with Crippen LogP contribution in [0.2, 0.25) is 0 Å². The number of hydrogen-bond acceptors (Lipinski definition) is 2. The van der Waals surface area contributed by atoms with E-state index in [4.69, 9.17) is 4.74 Å². The molecule has 1 aliphatic rings. The molecule has 0 saturated heterocycles. The van der Waals surface area contributed by atoms with Crippen LogP contribution < -0.4 is 4.74 Å². The standard InChI is InChI=1S/C19H30O2/c1-13(2)15-5-7-16(8-6-15)19(20)17-9-11-18(12-10-17)21-14(3)4/h9-16,19-20H,5-8H2,1-4H3. The molecule has 2 rings (SSSR count). The third kappa shape index (κ3) is 4.47. The summed E-state index contributed by atoms with van der Waals surface area (Å²) in [6.45, 7) is 8.68. The maximum atomic E-state index is 10.6. The van der Waals surface area contributed by atoms with Crippen molar-refractivity contribution < 1.29 is 9.84 Å². The number of hydrogen-bond donors (Lipinski definition) is 1. The molecule has 21 heavy (non-hydrogen) atoms. The van der Waals surface area contributed by atoms with E-state index in [0.717, 1.165) is 36.0 Å². The number of aliphatic hydroxyl groups is 1. The molecule has 2 nitrogen and oxygen atoms in total. The van der Waals surface area contributed by atoms with E-state index < -0.39 is 0 Å². The molecule has 1 aromatic rings. The number of benzene rings is 1. The highest BCUT2D eigenvalue weighted by Gasteiger charge is 2.28. The SMILES string of the molecule is CC(C)Oc1ccc(C(O)C2CCC(C(C)C)CC2)cc1. The van der Waals surface area contributed by atoms with Crippen LogP contribution in [0.4, 0.5) is 0 Å². The normalized spacial score (nSPS) is 24.3. The van der Waals surface area contributed by atoms with Gasteiger partial charge in [0, 0.05) is 0 Å². The summed E-state index contributed by atoms with van der Waals surface area (Å²) < 4.78 is 5.65. The molecule has 1 N–H and O–H groups in total. The Morgan fingerprint density at radius 2 is 1.43 bits per heavy atom. The predicted octanol–water partition coefficient (Wildman–Crippen LogP) is 4.97. The van der Waals surface area contributed by atoms with E-state index in [1.54, 1.807) is 0 Å². The lowest BCUT2D eigenvalue weighted by molar-refractivity contribution is 0.0667. The zero-order valence-electron chi connectivity index (χ0n) is 13.9. The first-order valence-corrected chi connectivity index (χ1v) is 8.42. The van der Waals surface area contributed by atoms with Crippen molar-refractivity contribution >= 4 is 0 Å². The van der Waals surface area contributed by atoms with Crippen LogP contribution in [0, 0.1) is 17.8 Å². The largest absolute Gasteiger partial charge is 0.491 e. The van der Waals surface area contributed by atoms with Crippen molar-refractivity contribution in [1.82, 2.24) is 0 Å². The minimum Gasteiger partial charge on any atom is -0.491 e. The smallest absolute Gasteiger partial charge is 0.119 e. The van der Waals surface area contributed by atoms with E-state index >= 15 is 0 Å². The summed E-state index contributed by atoms with van der Waals surface area (Å²) >= 11 is 0. The first-order chi connectivity index (χ1) is 9.97. The second-order valence-corrected chi connectivity index (χ2v) is 7.10. The molecule has 0 spiro atoms. The second kappa shape index (κ2) is 7.31. The summed E-state index contributed by atoms with van der Waals surface area (Å²) in [5, 5.41) is 10.6. The monoisotopic (exact) mass is 290 g/mol. The van der Waals surface area contributed by atoms with E-state index in [1.165, 1.54) is 12.8 Å². The van der Waals surface area contributed by atoms with E-state index in [2.05, 4.69) is 13.8 Å². The molecule has 0 bridgehead atoms. The van der Waals surface area contributed by atoms with Crippen molar-refractivity contribution in [2.45, 2.75) is 65.6 Å². The van der Waals surface area contributed by atoms with Gasteiger partial charge in [-0.1, -0.05) is 26.0 Å². The van der Waals surface area contributed by atoms with Crippen molar-refractivity contribution in [3.05, 3.63) is 29.8 Å². The second-order valence-electron chi connectivity index (χ2n) is 7.10. The van der Waals surface area contributed by atoms with Gasteiger partial charge in [0.2, 0.25) is 0 Å². The van der Waals surface area contributed by atoms with E-state index in [0.29, 0.717) is 5.92 Å². The van der Waals surface area contributed by atoms with Crippen LogP contribution >= 0.6 is 0 Å². The third-order valence-electron chi connectivity index (χ3n) is 4.80. The lowest BCUT2D eigenvalue weighted by Crippen LogP contribution is -2.23. The summed E-state index contributed by atoms with van der Waals surface area (Å²) in [5.74, 6) is 2.91. The summed E-state index contributed by atoms with van der Waals surface area (Å²) in [6, 6.07) is 7.96. The van der Waals surface area contributed by atoms with Crippen LogP contribution in [0.15, 0.2) is 24.3 Å². The minimum atomic E-state index is -0.328. The van der Waals surface area contributed by atoms with Crippen LogP contribution in [-0.4, -0.2) is 11.2 Å². The molecule has 1 aromatic carbocycles. The Kier molecular flexibility index (Phi) is 5.69. The van der Waals surface area contributed by atoms with Gasteiger partial charge in [-0.15, -0.1) is 0 Å². The fourth-order valence-electron chi connectivity index (χ4n) is 3.42. The van der Waals surface area contributed by atoms with Crippen LogP contribution in [0.5, 0.6) is 5.75 Å². The average Bonchev–Trinajstić information content (AvgIpc) is 2.47. The molecule has 0 aromatic heterocycles. The van der Waals surface area contributed by atoms with Gasteiger partial charge in [-0.2, -0.15) is 0 Å². The molecule has 0 aliphatic heterocycles. The molecule has 1 unspecified atom stereocenters. The fourth-order valence-corrected chi connectivity index (χ4v) is 3.42. The highest BCUT2D eigenvalue weighted by atomic mass is 16.5. The number of aliphatic hydroxyl groups excluding tert-OH is 1. The predicted molar refractivity (Wildman–Crippen MR) is 87.5 cm³/mol. The van der Waals surface area contributed by atoms with Crippen LogP contribution in [0.3, 0.4) is 0 Å². The number of ether oxygens (including phenoxy) is 1. The quantitative estimate of drug-likeness (QED) is 0.829. The van der Waals surface area contributed by atoms with Gasteiger partial charge in [-0.25, -0.2) is 0 Å². The Bertz CT molecular complexity index is 414. The van der Waals surface area contributed by atoms with E-state index in [9.17, 15) is 5.11 Å². The van der Waals surface area contributed by atoms with Gasteiger partial charge >= 0.3 is 0 Å². The van der Waals surface area contributed by atoms with Crippen LogP contribution in [-0.2, 0) is 0 Å². The lowest BCUT2D eigenvalue weighted by Gasteiger charge is -2.33. The van der Waals surface area contributed by atoms with Crippen molar-refractivity contribution in [1.29, 1.82) is 0 Å². The third-order valence-corrected chi connectivity index (χ3v) is 4.80. The molecule has 118 valence electrons. The Labute approximate surface area is 129 Å². The summed E-state index contributed by atoms with van der Waals surface area (Å²) in [5.41, 5.74) is 1.03. The van der Waals surface area contributed by atoms with Crippen LogP contribution in [0.1, 0.15) is 65.0 Å². The summed E-state index contributed by atoms with van der Waals surface area (Å²) in [6.07, 6.45) is 4.67. The fraction of sp³-hybridized carbons (Fsp3) is 0.684. The molecule has 0 heterocycles. The number of rotatable bonds is 5. The molecule has 0 amide bonds. The molecular weight excluding hydrogens is 260 g/mol. The molecule has 1 aliphatic carbocycles. The summed E-state index contributed by atoms with van der Waals surface area (Å²) in [7, 11) is 0. The average molecular weight is 290 g/mol. The zero-order valence-corrected chi connectivity index (χ0v) is 13.9. The van der Waals surface area contributed by atoms with Crippen molar-refractivity contribution in [2.24, 2.45) is 17.8 Å². The summed E-state index contributed by atoms with van der Waals surface area (Å²) in [4.78, 5) is 0. The molecule has 2 heteroatoms. The molecule has 1 fully saturated rings. The Balaban J connectivity index is 1.93. The molecular formula is C19H30O2. The Hall–Kier alpha value is -1.02. The molecule has 0 radical (unpaired) electrons. The van der Waals surface area contributed by atoms with Gasteiger partial charge in [0.15, 0.2) is 0 Å². The van der Waals surface area contributed by atoms with Crippen molar-refractivity contribution in [2.75, 3.05) is 0 Å². The lowest BCUT2D eigenvalue weighted by atomic mass is 9.74. The topological polar surface area (TPSA) is 29.5 Å². The van der Waals surface area contributed by atoms with Crippen molar-refractivity contribution in [3.8, 4) is 5.75 Å². The Morgan fingerprint density at radius 3 is 1.90 bits per heavy atom. The highest BCUT2D eigenvalue weighted by Crippen LogP contribution is 2.39. The van der Waals surface area contributed by atoms with E-state index in [1.807, 2.05) is 38.1 Å². The zero-order chi connectivity index (χ0) is 15.4. The maximum absolute atomic E-state index is 10.6.